The van der Waals surface area contributed by atoms with Gasteiger partial charge in [0.15, 0.2) is 0 Å². The average molecular weight is 271 g/mol. The Balaban J connectivity index is 1.53. The van der Waals surface area contributed by atoms with Crippen LogP contribution in [0.3, 0.4) is 0 Å². The third-order valence-corrected chi connectivity index (χ3v) is 3.53. The highest BCUT2D eigenvalue weighted by Gasteiger charge is 2.23. The second-order valence-corrected chi connectivity index (χ2v) is 4.89. The van der Waals surface area contributed by atoms with Crippen molar-refractivity contribution in [2.75, 3.05) is 26.2 Å². The number of H-pyrrole nitrogens is 1. The summed E-state index contributed by atoms with van der Waals surface area (Å²) in [6.45, 7) is 4.16. The Kier molecular flexibility index (Phi) is 3.73. The molecule has 1 aliphatic heterocycles. The molecule has 1 fully saturated rings. The molecule has 104 valence electrons. The van der Waals surface area contributed by atoms with Gasteiger partial charge in [0.2, 0.25) is 5.82 Å². The van der Waals surface area contributed by atoms with Crippen LogP contribution in [0.5, 0.6) is 0 Å². The number of carbonyl (C=O) groups excluding carboxylic acids is 1. The molecule has 1 aliphatic rings. The first kappa shape index (κ1) is 12.8. The summed E-state index contributed by atoms with van der Waals surface area (Å²) in [5.74, 6) is 0.253. The van der Waals surface area contributed by atoms with E-state index in [0.717, 1.165) is 32.7 Å². The number of rotatable bonds is 3. The number of hydrogen-bond acceptors (Lipinski definition) is 4. The summed E-state index contributed by atoms with van der Waals surface area (Å²) < 4.78 is 0. The van der Waals surface area contributed by atoms with Crippen LogP contribution in [0.15, 0.2) is 36.7 Å². The molecular weight excluding hydrogens is 254 g/mol. The fourth-order valence-electron chi connectivity index (χ4n) is 2.41. The van der Waals surface area contributed by atoms with Gasteiger partial charge in [0.25, 0.3) is 5.91 Å². The van der Waals surface area contributed by atoms with E-state index in [1.54, 1.807) is 0 Å². The summed E-state index contributed by atoms with van der Waals surface area (Å²) in [4.78, 5) is 20.2. The monoisotopic (exact) mass is 271 g/mol. The van der Waals surface area contributed by atoms with Crippen molar-refractivity contribution in [1.29, 1.82) is 0 Å². The lowest BCUT2D eigenvalue weighted by Crippen LogP contribution is -2.48. The number of amides is 1. The summed E-state index contributed by atoms with van der Waals surface area (Å²) in [7, 11) is 0. The van der Waals surface area contributed by atoms with E-state index in [-0.39, 0.29) is 5.91 Å². The Bertz CT molecular complexity index is 546. The van der Waals surface area contributed by atoms with Crippen LogP contribution in [0.2, 0.25) is 0 Å². The van der Waals surface area contributed by atoms with Gasteiger partial charge in [-0.05, 0) is 5.56 Å². The van der Waals surface area contributed by atoms with Crippen LogP contribution in [0.25, 0.3) is 0 Å². The van der Waals surface area contributed by atoms with E-state index in [1.165, 1.54) is 11.9 Å². The second-order valence-electron chi connectivity index (χ2n) is 4.89. The van der Waals surface area contributed by atoms with E-state index in [0.29, 0.717) is 5.82 Å². The number of carbonyl (C=O) groups is 1. The number of benzene rings is 1. The van der Waals surface area contributed by atoms with Crippen molar-refractivity contribution in [3.63, 3.8) is 0 Å². The fourth-order valence-corrected chi connectivity index (χ4v) is 2.41. The van der Waals surface area contributed by atoms with Gasteiger partial charge in [-0.2, -0.15) is 5.10 Å². The highest BCUT2D eigenvalue weighted by Crippen LogP contribution is 2.09. The molecule has 20 heavy (non-hydrogen) atoms. The van der Waals surface area contributed by atoms with Crippen molar-refractivity contribution in [1.82, 2.24) is 25.0 Å². The molecule has 3 rings (SSSR count). The third-order valence-electron chi connectivity index (χ3n) is 3.53. The van der Waals surface area contributed by atoms with Crippen molar-refractivity contribution < 1.29 is 4.79 Å². The molecule has 0 bridgehead atoms. The molecule has 0 radical (unpaired) electrons. The molecule has 6 nitrogen and oxygen atoms in total. The Labute approximate surface area is 117 Å². The smallest absolute Gasteiger partial charge is 0.291 e. The first-order chi connectivity index (χ1) is 9.83. The zero-order valence-electron chi connectivity index (χ0n) is 11.2. The summed E-state index contributed by atoms with van der Waals surface area (Å²) >= 11 is 0. The maximum atomic E-state index is 12.1. The number of aromatic amines is 1. The molecule has 1 N–H and O–H groups in total. The van der Waals surface area contributed by atoms with Gasteiger partial charge in [-0.3, -0.25) is 14.8 Å². The lowest BCUT2D eigenvalue weighted by molar-refractivity contribution is 0.0617. The van der Waals surface area contributed by atoms with E-state index < -0.39 is 0 Å². The van der Waals surface area contributed by atoms with Crippen LogP contribution in [-0.4, -0.2) is 57.1 Å². The van der Waals surface area contributed by atoms with Gasteiger partial charge < -0.3 is 4.90 Å². The van der Waals surface area contributed by atoms with E-state index in [2.05, 4.69) is 44.3 Å². The lowest BCUT2D eigenvalue weighted by atomic mass is 10.2. The second kappa shape index (κ2) is 5.83. The molecule has 2 heterocycles. The van der Waals surface area contributed by atoms with Crippen molar-refractivity contribution in [2.45, 2.75) is 6.54 Å². The van der Waals surface area contributed by atoms with Gasteiger partial charge >= 0.3 is 0 Å². The number of piperazine rings is 1. The summed E-state index contributed by atoms with van der Waals surface area (Å²) in [5.41, 5.74) is 1.31. The van der Waals surface area contributed by atoms with Gasteiger partial charge in [0, 0.05) is 32.7 Å². The zero-order valence-corrected chi connectivity index (χ0v) is 11.2. The van der Waals surface area contributed by atoms with Crippen LogP contribution in [0.1, 0.15) is 16.2 Å². The van der Waals surface area contributed by atoms with Gasteiger partial charge in [-0.25, -0.2) is 4.98 Å². The van der Waals surface area contributed by atoms with Crippen LogP contribution in [-0.2, 0) is 6.54 Å². The molecule has 1 aromatic carbocycles. The Morgan fingerprint density at radius 1 is 1.15 bits per heavy atom. The molecule has 0 spiro atoms. The Morgan fingerprint density at radius 3 is 2.55 bits per heavy atom. The van der Waals surface area contributed by atoms with Gasteiger partial charge in [-0.15, -0.1) is 0 Å². The van der Waals surface area contributed by atoms with Gasteiger partial charge in [-0.1, -0.05) is 30.3 Å². The van der Waals surface area contributed by atoms with Crippen molar-refractivity contribution in [3.05, 3.63) is 48.0 Å². The molecule has 0 unspecified atom stereocenters. The SMILES string of the molecule is O=C(c1ncn[nH]1)N1CCN(Cc2ccccc2)CC1. The van der Waals surface area contributed by atoms with E-state index in [9.17, 15) is 4.79 Å². The number of nitrogens with one attached hydrogen (secondary N) is 1. The summed E-state index contributed by atoms with van der Waals surface area (Å²) in [5, 5.41) is 6.33. The molecule has 0 saturated carbocycles. The van der Waals surface area contributed by atoms with Crippen molar-refractivity contribution in [2.24, 2.45) is 0 Å². The highest BCUT2D eigenvalue weighted by molar-refractivity contribution is 5.90. The maximum Gasteiger partial charge on any atom is 0.291 e. The fraction of sp³-hybridized carbons (Fsp3) is 0.357. The Morgan fingerprint density at radius 2 is 1.90 bits per heavy atom. The lowest BCUT2D eigenvalue weighted by Gasteiger charge is -2.34. The largest absolute Gasteiger partial charge is 0.333 e. The quantitative estimate of drug-likeness (QED) is 0.895. The molecule has 1 aromatic heterocycles. The minimum atomic E-state index is -0.0677. The predicted octanol–water partition coefficient (Wildman–Crippen LogP) is 0.763. The standard InChI is InChI=1S/C14H17N5O/c20-14(13-15-11-16-17-13)19-8-6-18(7-9-19)10-12-4-2-1-3-5-12/h1-5,11H,6-10H2,(H,15,16,17). The Hall–Kier alpha value is -2.21. The molecule has 1 amide bonds. The topological polar surface area (TPSA) is 65.1 Å². The first-order valence-electron chi connectivity index (χ1n) is 6.74. The minimum Gasteiger partial charge on any atom is -0.333 e. The predicted molar refractivity (Wildman–Crippen MR) is 74.0 cm³/mol. The number of aromatic nitrogens is 3. The van der Waals surface area contributed by atoms with Crippen molar-refractivity contribution >= 4 is 5.91 Å². The minimum absolute atomic E-state index is 0.0677. The van der Waals surface area contributed by atoms with Gasteiger partial charge in [0.1, 0.15) is 6.33 Å². The normalized spacial score (nSPS) is 16.3. The third kappa shape index (κ3) is 2.85. The number of hydrogen-bond donors (Lipinski definition) is 1. The highest BCUT2D eigenvalue weighted by atomic mass is 16.2. The molecule has 2 aromatic rings. The van der Waals surface area contributed by atoms with Crippen LogP contribution >= 0.6 is 0 Å². The maximum absolute atomic E-state index is 12.1. The van der Waals surface area contributed by atoms with E-state index in [1.807, 2.05) is 11.0 Å². The van der Waals surface area contributed by atoms with Crippen LogP contribution in [0, 0.1) is 0 Å². The van der Waals surface area contributed by atoms with E-state index >= 15 is 0 Å². The molecule has 0 aliphatic carbocycles. The molecule has 6 heteroatoms. The zero-order chi connectivity index (χ0) is 13.8. The van der Waals surface area contributed by atoms with Gasteiger partial charge in [0.05, 0.1) is 0 Å². The molecule has 1 saturated heterocycles. The summed E-state index contributed by atoms with van der Waals surface area (Å²) in [6, 6.07) is 10.4. The first-order valence-corrected chi connectivity index (χ1v) is 6.74. The van der Waals surface area contributed by atoms with Crippen molar-refractivity contribution in [3.8, 4) is 0 Å². The van der Waals surface area contributed by atoms with E-state index in [4.69, 9.17) is 0 Å². The van der Waals surface area contributed by atoms with Crippen LogP contribution < -0.4 is 0 Å². The number of nitrogens with zero attached hydrogens (tertiary/aromatic N) is 4. The van der Waals surface area contributed by atoms with Crippen LogP contribution in [0.4, 0.5) is 0 Å². The molecular formula is C14H17N5O. The summed E-state index contributed by atoms with van der Waals surface area (Å²) in [6.07, 6.45) is 1.36. The average Bonchev–Trinajstić information content (AvgIpc) is 3.03. The molecule has 0 atom stereocenters.